The Hall–Kier alpha value is -2.35. The van der Waals surface area contributed by atoms with Gasteiger partial charge >= 0.3 is 0 Å². The molecule has 8 heteroatoms. The van der Waals surface area contributed by atoms with Gasteiger partial charge in [0.1, 0.15) is 10.6 Å². The third-order valence-corrected chi connectivity index (χ3v) is 7.01. The zero-order chi connectivity index (χ0) is 20.4. The topological polar surface area (TPSA) is 93.1 Å². The van der Waals surface area contributed by atoms with Crippen LogP contribution in [0.2, 0.25) is 0 Å². The first-order valence-corrected chi connectivity index (χ1v) is 12.1. The van der Waals surface area contributed by atoms with Crippen LogP contribution in [-0.2, 0) is 14.6 Å². The molecule has 1 amide bonds. The summed E-state index contributed by atoms with van der Waals surface area (Å²) in [5.74, 6) is 0.626. The Morgan fingerprint density at radius 3 is 2.59 bits per heavy atom. The molecule has 3 heterocycles. The largest absolute Gasteiger partial charge is 0.342 e. The Bertz CT molecular complexity index is 988. The Balaban J connectivity index is 1.67. The zero-order valence-electron chi connectivity index (χ0n) is 16.6. The van der Waals surface area contributed by atoms with Gasteiger partial charge in [-0.25, -0.2) is 18.4 Å². The molecule has 2 aromatic rings. The van der Waals surface area contributed by atoms with Gasteiger partial charge in [0.2, 0.25) is 5.91 Å². The molecule has 0 bridgehead atoms. The molecule has 2 aliphatic rings. The minimum absolute atomic E-state index is 0.121. The summed E-state index contributed by atoms with van der Waals surface area (Å²) in [5.41, 5.74) is 1.11. The number of hydrogen-bond donors (Lipinski definition) is 0. The normalized spacial score (nSPS) is 20.7. The molecule has 2 aromatic heterocycles. The van der Waals surface area contributed by atoms with Gasteiger partial charge in [-0.05, 0) is 37.8 Å². The Kier molecular flexibility index (Phi) is 5.63. The van der Waals surface area contributed by atoms with Gasteiger partial charge in [-0.15, -0.1) is 0 Å². The van der Waals surface area contributed by atoms with Crippen molar-refractivity contribution in [3.63, 3.8) is 0 Å². The summed E-state index contributed by atoms with van der Waals surface area (Å²) >= 11 is 0. The highest BCUT2D eigenvalue weighted by molar-refractivity contribution is 7.90. The summed E-state index contributed by atoms with van der Waals surface area (Å²) in [6.45, 7) is 1.24. The molecular formula is C21H26N4O3S. The summed E-state index contributed by atoms with van der Waals surface area (Å²) in [6, 6.07) is 5.46. The number of amides is 1. The number of aromatic nitrogens is 3. The number of hydrogen-bond acceptors (Lipinski definition) is 6. The molecular weight excluding hydrogens is 388 g/mol. The number of pyridine rings is 1. The van der Waals surface area contributed by atoms with Crippen molar-refractivity contribution in [2.24, 2.45) is 5.92 Å². The number of carbonyl (C=O) groups excluding carboxylic acids is 1. The van der Waals surface area contributed by atoms with Gasteiger partial charge in [0.15, 0.2) is 15.7 Å². The lowest BCUT2D eigenvalue weighted by Crippen LogP contribution is -2.42. The monoisotopic (exact) mass is 414 g/mol. The van der Waals surface area contributed by atoms with E-state index in [4.69, 9.17) is 0 Å². The number of rotatable bonds is 4. The van der Waals surface area contributed by atoms with E-state index in [2.05, 4.69) is 15.0 Å². The molecule has 0 N–H and O–H groups in total. The molecule has 1 atom stereocenters. The highest BCUT2D eigenvalue weighted by Crippen LogP contribution is 2.33. The first kappa shape index (κ1) is 19.9. The molecule has 0 spiro atoms. The van der Waals surface area contributed by atoms with Crippen molar-refractivity contribution in [2.75, 3.05) is 19.3 Å². The summed E-state index contributed by atoms with van der Waals surface area (Å²) in [6.07, 6.45) is 10.0. The predicted octanol–water partition coefficient (Wildman–Crippen LogP) is 2.84. The van der Waals surface area contributed by atoms with Crippen LogP contribution in [-0.4, -0.2) is 53.5 Å². The fourth-order valence-electron chi connectivity index (χ4n) is 4.41. The highest BCUT2D eigenvalue weighted by atomic mass is 32.2. The van der Waals surface area contributed by atoms with Crippen LogP contribution < -0.4 is 0 Å². The standard InChI is InChI=1S/C21H26N4O3S/c1-29(27,28)18-13-23-20(17-10-4-5-11-22-17)24-19(18)16-9-6-12-25(14-16)21(26)15-7-2-3-8-15/h4-5,10-11,13,15-16H,2-3,6-9,12,14H2,1H3. The number of sulfone groups is 1. The summed E-state index contributed by atoms with van der Waals surface area (Å²) in [5, 5.41) is 0. The van der Waals surface area contributed by atoms with E-state index in [9.17, 15) is 13.2 Å². The van der Waals surface area contributed by atoms with Crippen molar-refractivity contribution in [2.45, 2.75) is 49.3 Å². The molecule has 0 aromatic carbocycles. The van der Waals surface area contributed by atoms with Crippen LogP contribution in [0.1, 0.15) is 50.1 Å². The molecule has 1 saturated heterocycles. The average Bonchev–Trinajstić information content (AvgIpc) is 3.28. The second-order valence-electron chi connectivity index (χ2n) is 8.04. The van der Waals surface area contributed by atoms with Crippen molar-refractivity contribution in [3.05, 3.63) is 36.3 Å². The van der Waals surface area contributed by atoms with Gasteiger partial charge in [-0.3, -0.25) is 9.78 Å². The fraction of sp³-hybridized carbons (Fsp3) is 0.524. The van der Waals surface area contributed by atoms with Gasteiger partial charge in [-0.2, -0.15) is 0 Å². The number of nitrogens with zero attached hydrogens (tertiary/aromatic N) is 4. The number of carbonyl (C=O) groups is 1. The van der Waals surface area contributed by atoms with E-state index in [-0.39, 0.29) is 22.6 Å². The predicted molar refractivity (Wildman–Crippen MR) is 109 cm³/mol. The first-order valence-electron chi connectivity index (χ1n) is 10.2. The Labute approximate surface area is 171 Å². The van der Waals surface area contributed by atoms with Crippen molar-refractivity contribution in [1.82, 2.24) is 19.9 Å². The van der Waals surface area contributed by atoms with Gasteiger partial charge in [-0.1, -0.05) is 18.9 Å². The third kappa shape index (κ3) is 4.32. The van der Waals surface area contributed by atoms with Gasteiger partial charge in [0.25, 0.3) is 0 Å². The van der Waals surface area contributed by atoms with Crippen molar-refractivity contribution < 1.29 is 13.2 Å². The lowest BCUT2D eigenvalue weighted by atomic mass is 9.93. The van der Waals surface area contributed by atoms with Gasteiger partial charge < -0.3 is 4.90 Å². The summed E-state index contributed by atoms with van der Waals surface area (Å²) < 4.78 is 24.8. The molecule has 4 rings (SSSR count). The van der Waals surface area contributed by atoms with Crippen LogP contribution in [0, 0.1) is 5.92 Å². The molecule has 2 fully saturated rings. The molecule has 1 aliphatic carbocycles. The van der Waals surface area contributed by atoms with E-state index in [0.717, 1.165) is 45.1 Å². The molecule has 0 radical (unpaired) electrons. The van der Waals surface area contributed by atoms with Crippen LogP contribution in [0.15, 0.2) is 35.5 Å². The minimum Gasteiger partial charge on any atom is -0.342 e. The molecule has 7 nitrogen and oxygen atoms in total. The second-order valence-corrected chi connectivity index (χ2v) is 10.0. The maximum atomic E-state index is 12.9. The number of likely N-dealkylation sites (tertiary alicyclic amines) is 1. The number of piperidine rings is 1. The van der Waals surface area contributed by atoms with Crippen LogP contribution in [0.5, 0.6) is 0 Å². The Morgan fingerprint density at radius 2 is 1.90 bits per heavy atom. The smallest absolute Gasteiger partial charge is 0.225 e. The maximum Gasteiger partial charge on any atom is 0.225 e. The fourth-order valence-corrected chi connectivity index (χ4v) is 5.25. The van der Waals surface area contributed by atoms with Crippen LogP contribution in [0.4, 0.5) is 0 Å². The van der Waals surface area contributed by atoms with Crippen molar-refractivity contribution >= 4 is 15.7 Å². The SMILES string of the molecule is CS(=O)(=O)c1cnc(-c2ccccn2)nc1C1CCCN(C(=O)C2CCCC2)C1. The van der Waals surface area contributed by atoms with Crippen LogP contribution >= 0.6 is 0 Å². The van der Waals surface area contributed by atoms with Crippen LogP contribution in [0.25, 0.3) is 11.5 Å². The lowest BCUT2D eigenvalue weighted by Gasteiger charge is -2.34. The minimum atomic E-state index is -3.48. The van der Waals surface area contributed by atoms with Crippen molar-refractivity contribution in [1.29, 1.82) is 0 Å². The van der Waals surface area contributed by atoms with E-state index in [1.807, 2.05) is 17.0 Å². The molecule has 154 valence electrons. The van der Waals surface area contributed by atoms with Crippen molar-refractivity contribution in [3.8, 4) is 11.5 Å². The van der Waals surface area contributed by atoms with E-state index >= 15 is 0 Å². The third-order valence-electron chi connectivity index (χ3n) is 5.90. The molecule has 1 aliphatic heterocycles. The summed E-state index contributed by atoms with van der Waals surface area (Å²) in [4.78, 5) is 28.2. The summed E-state index contributed by atoms with van der Waals surface area (Å²) in [7, 11) is -3.48. The highest BCUT2D eigenvalue weighted by Gasteiger charge is 2.33. The quantitative estimate of drug-likeness (QED) is 0.764. The molecule has 1 saturated carbocycles. The van der Waals surface area contributed by atoms with E-state index in [1.54, 1.807) is 12.3 Å². The molecule has 1 unspecified atom stereocenters. The zero-order valence-corrected chi connectivity index (χ0v) is 17.4. The van der Waals surface area contributed by atoms with Gasteiger partial charge in [0.05, 0.1) is 5.69 Å². The Morgan fingerprint density at radius 1 is 1.10 bits per heavy atom. The van der Waals surface area contributed by atoms with E-state index in [0.29, 0.717) is 23.8 Å². The van der Waals surface area contributed by atoms with E-state index < -0.39 is 9.84 Å². The van der Waals surface area contributed by atoms with Crippen LogP contribution in [0.3, 0.4) is 0 Å². The average molecular weight is 415 g/mol. The van der Waals surface area contributed by atoms with E-state index in [1.165, 1.54) is 12.5 Å². The second kappa shape index (κ2) is 8.18. The molecule has 29 heavy (non-hydrogen) atoms. The van der Waals surface area contributed by atoms with Gasteiger partial charge in [0, 0.05) is 43.6 Å². The maximum absolute atomic E-state index is 12.9. The lowest BCUT2D eigenvalue weighted by molar-refractivity contribution is -0.136. The first-order chi connectivity index (χ1) is 13.9.